The molecule has 2 rings (SSSR count). The van der Waals surface area contributed by atoms with Gasteiger partial charge in [0.15, 0.2) is 5.78 Å². The van der Waals surface area contributed by atoms with Crippen LogP contribution in [0.25, 0.3) is 0 Å². The van der Waals surface area contributed by atoms with Crippen molar-refractivity contribution >= 4 is 33.0 Å². The molecule has 0 saturated heterocycles. The summed E-state index contributed by atoms with van der Waals surface area (Å²) in [6, 6.07) is 11.3. The predicted octanol–water partition coefficient (Wildman–Crippen LogP) is 4.31. The monoisotopic (exact) mass is 319 g/mol. The van der Waals surface area contributed by atoms with Crippen molar-refractivity contribution in [2.45, 2.75) is 12.8 Å². The molecule has 2 nitrogen and oxygen atoms in total. The average molecular weight is 320 g/mol. The van der Waals surface area contributed by atoms with E-state index in [9.17, 15) is 10.1 Å². The normalized spacial score (nSPS) is 11.8. The van der Waals surface area contributed by atoms with Gasteiger partial charge in [-0.3, -0.25) is 4.79 Å². The number of benzene rings is 1. The molecule has 0 radical (unpaired) electrons. The van der Waals surface area contributed by atoms with E-state index in [1.54, 1.807) is 6.07 Å². The Morgan fingerprint density at radius 2 is 2.11 bits per heavy atom. The minimum absolute atomic E-state index is 0.128. The highest BCUT2D eigenvalue weighted by Crippen LogP contribution is 2.29. The van der Waals surface area contributed by atoms with Crippen molar-refractivity contribution in [1.82, 2.24) is 0 Å². The second-order valence-electron chi connectivity index (χ2n) is 3.88. The molecule has 90 valence electrons. The van der Waals surface area contributed by atoms with Gasteiger partial charge in [0.25, 0.3) is 0 Å². The van der Waals surface area contributed by atoms with Gasteiger partial charge in [-0.2, -0.15) is 5.26 Å². The van der Waals surface area contributed by atoms with Gasteiger partial charge in [-0.25, -0.2) is 0 Å². The molecule has 0 spiro atoms. The summed E-state index contributed by atoms with van der Waals surface area (Å²) < 4.78 is 0.791. The highest BCUT2D eigenvalue weighted by atomic mass is 79.9. The number of nitrogens with zero attached hydrogens (tertiary/aromatic N) is 1. The van der Waals surface area contributed by atoms with Gasteiger partial charge >= 0.3 is 0 Å². The first kappa shape index (κ1) is 13.0. The molecule has 1 aromatic carbocycles. The van der Waals surface area contributed by atoms with Crippen LogP contribution in [0.2, 0.25) is 0 Å². The van der Waals surface area contributed by atoms with Crippen molar-refractivity contribution in [3.63, 3.8) is 0 Å². The molecule has 1 atom stereocenters. The van der Waals surface area contributed by atoms with E-state index in [0.717, 1.165) is 15.6 Å². The number of hydrogen-bond donors (Lipinski definition) is 0. The lowest BCUT2D eigenvalue weighted by atomic mass is 9.94. The van der Waals surface area contributed by atoms with Gasteiger partial charge in [-0.05, 0) is 35.6 Å². The molecule has 1 unspecified atom stereocenters. The number of ketones is 1. The van der Waals surface area contributed by atoms with E-state index in [2.05, 4.69) is 22.0 Å². The van der Waals surface area contributed by atoms with E-state index in [1.165, 1.54) is 11.3 Å². The van der Waals surface area contributed by atoms with E-state index in [-0.39, 0.29) is 5.78 Å². The number of carbonyl (C=O) groups excluding carboxylic acids is 1. The van der Waals surface area contributed by atoms with Gasteiger partial charge in [0.05, 0.1) is 10.9 Å². The Bertz CT molecular complexity index is 627. The molecule has 0 amide bonds. The summed E-state index contributed by atoms with van der Waals surface area (Å²) in [7, 11) is 0. The van der Waals surface area contributed by atoms with Crippen molar-refractivity contribution < 1.29 is 4.79 Å². The molecule has 0 aliphatic carbocycles. The maximum absolute atomic E-state index is 12.4. The Morgan fingerprint density at radius 1 is 1.39 bits per heavy atom. The maximum Gasteiger partial charge on any atom is 0.194 e. The molecule has 0 fully saturated rings. The number of aryl methyl sites for hydroxylation is 1. The Labute approximate surface area is 118 Å². The van der Waals surface area contributed by atoms with E-state index >= 15 is 0 Å². The van der Waals surface area contributed by atoms with Crippen LogP contribution in [0.4, 0.5) is 0 Å². The molecule has 1 heterocycles. The lowest BCUT2D eigenvalue weighted by molar-refractivity contribution is 0.0982. The summed E-state index contributed by atoms with van der Waals surface area (Å²) in [5.41, 5.74) is 1.65. The molecule has 1 aromatic heterocycles. The van der Waals surface area contributed by atoms with Gasteiger partial charge in [-0.1, -0.05) is 34.1 Å². The second kappa shape index (κ2) is 5.47. The van der Waals surface area contributed by atoms with Gasteiger partial charge in [-0.15, -0.1) is 11.3 Å². The smallest absolute Gasteiger partial charge is 0.194 e. The lowest BCUT2D eigenvalue weighted by Gasteiger charge is -2.09. The van der Waals surface area contributed by atoms with Gasteiger partial charge in [0.2, 0.25) is 0 Å². The van der Waals surface area contributed by atoms with Crippen LogP contribution in [0.15, 0.2) is 40.2 Å². The zero-order chi connectivity index (χ0) is 13.1. The summed E-state index contributed by atoms with van der Waals surface area (Å²) in [6.45, 7) is 1.89. The molecular formula is C14H10BrNOS. The molecule has 18 heavy (non-hydrogen) atoms. The zero-order valence-corrected chi connectivity index (χ0v) is 12.1. The molecule has 0 bridgehead atoms. The Balaban J connectivity index is 2.43. The van der Waals surface area contributed by atoms with Gasteiger partial charge in [0.1, 0.15) is 5.92 Å². The first-order chi connectivity index (χ1) is 8.65. The maximum atomic E-state index is 12.4. The quantitative estimate of drug-likeness (QED) is 0.791. The summed E-state index contributed by atoms with van der Waals surface area (Å²) in [5, 5.41) is 11.1. The molecule has 0 N–H and O–H groups in total. The van der Waals surface area contributed by atoms with Crippen molar-refractivity contribution in [1.29, 1.82) is 5.26 Å². The number of Topliss-reactive ketones (excluding diaryl/α,β-unsaturated/α-hetero) is 1. The van der Waals surface area contributed by atoms with Crippen LogP contribution in [0.1, 0.15) is 26.7 Å². The lowest BCUT2D eigenvalue weighted by Crippen LogP contribution is -2.11. The third-order valence-electron chi connectivity index (χ3n) is 2.69. The highest BCUT2D eigenvalue weighted by Gasteiger charge is 2.25. The number of carbonyl (C=O) groups is 1. The number of nitriles is 1. The molecule has 4 heteroatoms. The van der Waals surface area contributed by atoms with Crippen molar-refractivity contribution in [2.75, 3.05) is 0 Å². The topological polar surface area (TPSA) is 40.9 Å². The first-order valence-electron chi connectivity index (χ1n) is 5.37. The van der Waals surface area contributed by atoms with Crippen LogP contribution in [0.3, 0.4) is 0 Å². The minimum atomic E-state index is -0.752. The fraction of sp³-hybridized carbons (Fsp3) is 0.143. The van der Waals surface area contributed by atoms with E-state index < -0.39 is 5.92 Å². The van der Waals surface area contributed by atoms with Crippen molar-refractivity contribution in [2.24, 2.45) is 0 Å². The Kier molecular flexibility index (Phi) is 3.95. The Morgan fingerprint density at radius 3 is 2.67 bits per heavy atom. The molecule has 0 saturated carbocycles. The fourth-order valence-electron chi connectivity index (χ4n) is 1.73. The van der Waals surface area contributed by atoms with Crippen LogP contribution in [0.5, 0.6) is 0 Å². The van der Waals surface area contributed by atoms with E-state index in [1.807, 2.05) is 36.6 Å². The molecule has 2 aromatic rings. The number of hydrogen-bond acceptors (Lipinski definition) is 3. The molecule has 0 aliphatic rings. The summed E-state index contributed by atoms with van der Waals surface area (Å²) in [4.78, 5) is 13.0. The summed E-state index contributed by atoms with van der Waals surface area (Å²) in [5.74, 6) is -0.880. The minimum Gasteiger partial charge on any atom is -0.291 e. The largest absolute Gasteiger partial charge is 0.291 e. The zero-order valence-electron chi connectivity index (χ0n) is 9.68. The van der Waals surface area contributed by atoms with Gasteiger partial charge < -0.3 is 0 Å². The SMILES string of the molecule is Cc1ccsc1C(=O)C(C#N)c1ccccc1Br. The number of halogens is 1. The first-order valence-corrected chi connectivity index (χ1v) is 7.04. The van der Waals surface area contributed by atoms with Crippen molar-refractivity contribution in [3.05, 3.63) is 56.2 Å². The summed E-state index contributed by atoms with van der Waals surface area (Å²) in [6.07, 6.45) is 0. The van der Waals surface area contributed by atoms with Crippen LogP contribution in [0, 0.1) is 18.3 Å². The van der Waals surface area contributed by atoms with E-state index in [4.69, 9.17) is 0 Å². The van der Waals surface area contributed by atoms with E-state index in [0.29, 0.717) is 4.88 Å². The van der Waals surface area contributed by atoms with Gasteiger partial charge in [0, 0.05) is 4.47 Å². The van der Waals surface area contributed by atoms with Crippen LogP contribution in [-0.4, -0.2) is 5.78 Å². The standard InChI is InChI=1S/C14H10BrNOS/c1-9-6-7-18-14(9)13(17)11(8-16)10-4-2-3-5-12(10)15/h2-7,11H,1H3. The Hall–Kier alpha value is -1.44. The number of rotatable bonds is 3. The molecular weight excluding hydrogens is 310 g/mol. The molecule has 0 aliphatic heterocycles. The average Bonchev–Trinajstić information content (AvgIpc) is 2.78. The highest BCUT2D eigenvalue weighted by molar-refractivity contribution is 9.10. The summed E-state index contributed by atoms with van der Waals surface area (Å²) >= 11 is 4.77. The van der Waals surface area contributed by atoms with Crippen LogP contribution >= 0.6 is 27.3 Å². The van der Waals surface area contributed by atoms with Crippen LogP contribution < -0.4 is 0 Å². The number of thiophene rings is 1. The van der Waals surface area contributed by atoms with Crippen LogP contribution in [-0.2, 0) is 0 Å². The third kappa shape index (κ3) is 2.38. The predicted molar refractivity (Wildman–Crippen MR) is 75.9 cm³/mol. The fourth-order valence-corrected chi connectivity index (χ4v) is 3.14. The third-order valence-corrected chi connectivity index (χ3v) is 4.45. The second-order valence-corrected chi connectivity index (χ2v) is 5.65. The van der Waals surface area contributed by atoms with Crippen molar-refractivity contribution in [3.8, 4) is 6.07 Å².